The molecule has 2 aromatic carbocycles. The first-order valence-corrected chi connectivity index (χ1v) is 8.35. The molecule has 0 heterocycles. The number of benzene rings is 2. The third-order valence-corrected chi connectivity index (χ3v) is 4.13. The van der Waals surface area contributed by atoms with Gasteiger partial charge in [-0.15, -0.1) is 0 Å². The van der Waals surface area contributed by atoms with E-state index in [1.165, 1.54) is 21.3 Å². The van der Waals surface area contributed by atoms with Crippen molar-refractivity contribution in [1.82, 2.24) is 5.32 Å². The van der Waals surface area contributed by atoms with Crippen LogP contribution in [0.2, 0.25) is 0 Å². The number of hydrogen-bond acceptors (Lipinski definition) is 5. The van der Waals surface area contributed by atoms with Crippen molar-refractivity contribution in [3.05, 3.63) is 53.6 Å². The summed E-state index contributed by atoms with van der Waals surface area (Å²) >= 11 is 0. The van der Waals surface area contributed by atoms with Crippen molar-refractivity contribution in [3.63, 3.8) is 0 Å². The number of nitrogens with one attached hydrogen (secondary N) is 1. The van der Waals surface area contributed by atoms with Crippen LogP contribution in [0, 0.1) is 5.92 Å². The average molecular weight is 373 g/mol. The van der Waals surface area contributed by atoms with Gasteiger partial charge in [-0.2, -0.15) is 0 Å². The van der Waals surface area contributed by atoms with Crippen molar-refractivity contribution in [2.75, 3.05) is 27.9 Å². The van der Waals surface area contributed by atoms with E-state index < -0.39 is 17.8 Å². The van der Waals surface area contributed by atoms with Crippen LogP contribution in [0.3, 0.4) is 0 Å². The predicted molar refractivity (Wildman–Crippen MR) is 99.7 cm³/mol. The maximum atomic E-state index is 12.6. The Morgan fingerprint density at radius 3 is 2.19 bits per heavy atom. The summed E-state index contributed by atoms with van der Waals surface area (Å²) in [6.07, 6.45) is 0.319. The molecule has 0 aliphatic heterocycles. The zero-order valence-electron chi connectivity index (χ0n) is 15.5. The molecule has 1 atom stereocenters. The predicted octanol–water partition coefficient (Wildman–Crippen LogP) is 2.39. The molecule has 0 radical (unpaired) electrons. The van der Waals surface area contributed by atoms with Crippen LogP contribution in [0.4, 0.5) is 0 Å². The Kier molecular flexibility index (Phi) is 7.05. The van der Waals surface area contributed by atoms with E-state index in [2.05, 4.69) is 5.32 Å². The lowest BCUT2D eigenvalue weighted by Crippen LogP contribution is -2.34. The number of ether oxygens (including phenoxy) is 3. The quantitative estimate of drug-likeness (QED) is 0.701. The second-order valence-electron chi connectivity index (χ2n) is 5.82. The third kappa shape index (κ3) is 4.91. The van der Waals surface area contributed by atoms with Crippen molar-refractivity contribution in [3.8, 4) is 17.2 Å². The van der Waals surface area contributed by atoms with Gasteiger partial charge in [0.1, 0.15) is 0 Å². The maximum Gasteiger partial charge on any atom is 0.308 e. The lowest BCUT2D eigenvalue weighted by Gasteiger charge is -2.17. The lowest BCUT2D eigenvalue weighted by atomic mass is 9.99. The normalized spacial score (nSPS) is 11.4. The van der Waals surface area contributed by atoms with Gasteiger partial charge in [-0.25, -0.2) is 0 Å². The van der Waals surface area contributed by atoms with Gasteiger partial charge in [0.2, 0.25) is 5.75 Å². The van der Waals surface area contributed by atoms with Gasteiger partial charge in [-0.05, 0) is 24.1 Å². The van der Waals surface area contributed by atoms with Crippen molar-refractivity contribution in [1.29, 1.82) is 0 Å². The highest BCUT2D eigenvalue weighted by atomic mass is 16.5. The second kappa shape index (κ2) is 9.47. The summed E-state index contributed by atoms with van der Waals surface area (Å²) in [5.74, 6) is -1.22. The lowest BCUT2D eigenvalue weighted by molar-refractivity contribution is -0.141. The Balaban J connectivity index is 2.15. The molecule has 144 valence electrons. The van der Waals surface area contributed by atoms with Gasteiger partial charge >= 0.3 is 5.97 Å². The highest BCUT2D eigenvalue weighted by Crippen LogP contribution is 2.39. The van der Waals surface area contributed by atoms with Crippen LogP contribution < -0.4 is 19.5 Å². The third-order valence-electron chi connectivity index (χ3n) is 4.13. The van der Waals surface area contributed by atoms with E-state index in [0.717, 1.165) is 5.56 Å². The molecule has 0 aromatic heterocycles. The molecule has 2 aromatic rings. The highest BCUT2D eigenvalue weighted by molar-refractivity contribution is 5.98. The molecule has 1 unspecified atom stereocenters. The zero-order chi connectivity index (χ0) is 19.8. The van der Waals surface area contributed by atoms with Gasteiger partial charge in [-0.1, -0.05) is 30.3 Å². The second-order valence-corrected chi connectivity index (χ2v) is 5.82. The molecule has 2 rings (SSSR count). The summed E-state index contributed by atoms with van der Waals surface area (Å²) in [4.78, 5) is 24.1. The largest absolute Gasteiger partial charge is 0.493 e. The number of carbonyl (C=O) groups is 2. The molecular formula is C20H23NO6. The van der Waals surface area contributed by atoms with E-state index in [-0.39, 0.29) is 17.9 Å². The van der Waals surface area contributed by atoms with Crippen LogP contribution in [0.25, 0.3) is 0 Å². The van der Waals surface area contributed by atoms with E-state index in [1.54, 1.807) is 12.1 Å². The molecule has 0 spiro atoms. The smallest absolute Gasteiger partial charge is 0.308 e. The van der Waals surface area contributed by atoms with Crippen molar-refractivity contribution in [2.24, 2.45) is 5.92 Å². The van der Waals surface area contributed by atoms with Crippen LogP contribution in [0.1, 0.15) is 15.9 Å². The Morgan fingerprint density at radius 2 is 1.63 bits per heavy atom. The van der Waals surface area contributed by atoms with Gasteiger partial charge in [0.25, 0.3) is 5.91 Å². The van der Waals surface area contributed by atoms with E-state index in [0.29, 0.717) is 17.9 Å². The van der Waals surface area contributed by atoms with Gasteiger partial charge < -0.3 is 24.6 Å². The molecule has 0 saturated heterocycles. The minimum Gasteiger partial charge on any atom is -0.493 e. The highest BCUT2D eigenvalue weighted by Gasteiger charge is 2.23. The molecule has 0 bridgehead atoms. The number of amides is 1. The number of carbonyl (C=O) groups excluding carboxylic acids is 1. The molecule has 0 aliphatic rings. The first-order valence-electron chi connectivity index (χ1n) is 8.35. The summed E-state index contributed by atoms with van der Waals surface area (Å²) in [6, 6.07) is 12.4. The van der Waals surface area contributed by atoms with Crippen LogP contribution in [0.5, 0.6) is 17.2 Å². The molecule has 0 fully saturated rings. The standard InChI is InChI=1S/C20H23NO6/c1-25-16-10-9-15(17(26-2)18(16)27-3)19(22)21-12-14(20(23)24)11-13-7-5-4-6-8-13/h4-10,14H,11-12H2,1-3H3,(H,21,22)(H,23,24). The fourth-order valence-electron chi connectivity index (χ4n) is 2.74. The first-order chi connectivity index (χ1) is 13.0. The summed E-state index contributed by atoms with van der Waals surface area (Å²) < 4.78 is 15.8. The minimum absolute atomic E-state index is 0.0133. The zero-order valence-corrected chi connectivity index (χ0v) is 15.5. The number of carboxylic acids is 1. The summed E-state index contributed by atoms with van der Waals surface area (Å²) in [7, 11) is 4.35. The number of methoxy groups -OCH3 is 3. The van der Waals surface area contributed by atoms with Crippen molar-refractivity contribution >= 4 is 11.9 Å². The average Bonchev–Trinajstić information content (AvgIpc) is 2.69. The number of hydrogen-bond donors (Lipinski definition) is 2. The van der Waals surface area contributed by atoms with Gasteiger partial charge in [0.05, 0.1) is 32.8 Å². The van der Waals surface area contributed by atoms with Gasteiger partial charge in [0, 0.05) is 6.54 Å². The Labute approximate surface area is 157 Å². The molecule has 2 N–H and O–H groups in total. The van der Waals surface area contributed by atoms with E-state index in [1.807, 2.05) is 30.3 Å². The molecule has 7 nitrogen and oxygen atoms in total. The minimum atomic E-state index is -0.974. The summed E-state index contributed by atoms with van der Waals surface area (Å²) in [6.45, 7) is -0.0133. The fraction of sp³-hybridized carbons (Fsp3) is 0.300. The van der Waals surface area contributed by atoms with Crippen molar-refractivity contribution in [2.45, 2.75) is 6.42 Å². The maximum absolute atomic E-state index is 12.6. The molecular weight excluding hydrogens is 350 g/mol. The fourth-order valence-corrected chi connectivity index (χ4v) is 2.74. The van der Waals surface area contributed by atoms with Crippen LogP contribution in [0.15, 0.2) is 42.5 Å². The Hall–Kier alpha value is -3.22. The van der Waals surface area contributed by atoms with E-state index in [9.17, 15) is 14.7 Å². The summed E-state index contributed by atoms with van der Waals surface area (Å²) in [5.41, 5.74) is 1.13. The first kappa shape index (κ1) is 20.1. The number of aliphatic carboxylic acids is 1. The van der Waals surface area contributed by atoms with Gasteiger partial charge in [-0.3, -0.25) is 9.59 Å². The van der Waals surface area contributed by atoms with E-state index >= 15 is 0 Å². The number of carboxylic acid groups (broad SMARTS) is 1. The van der Waals surface area contributed by atoms with Crippen molar-refractivity contribution < 1.29 is 28.9 Å². The SMILES string of the molecule is COc1ccc(C(=O)NCC(Cc2ccccc2)C(=O)O)c(OC)c1OC. The Morgan fingerprint density at radius 1 is 0.963 bits per heavy atom. The molecule has 27 heavy (non-hydrogen) atoms. The molecule has 0 aliphatic carbocycles. The molecule has 0 saturated carbocycles. The van der Waals surface area contributed by atoms with Crippen LogP contribution in [-0.2, 0) is 11.2 Å². The number of rotatable bonds is 9. The van der Waals surface area contributed by atoms with Crippen LogP contribution in [-0.4, -0.2) is 44.9 Å². The monoisotopic (exact) mass is 373 g/mol. The summed E-state index contributed by atoms with van der Waals surface area (Å²) in [5, 5.41) is 12.1. The Bertz CT molecular complexity index is 791. The van der Waals surface area contributed by atoms with Crippen LogP contribution >= 0.6 is 0 Å². The topological polar surface area (TPSA) is 94.1 Å². The molecule has 1 amide bonds. The van der Waals surface area contributed by atoms with E-state index in [4.69, 9.17) is 14.2 Å². The van der Waals surface area contributed by atoms with Gasteiger partial charge in [0.15, 0.2) is 11.5 Å². The molecule has 7 heteroatoms.